The Bertz CT molecular complexity index is 230. The largest absolute Gasteiger partial charge is 0.394 e. The number of likely N-dealkylation sites (N-methyl/N-ethyl adjacent to an activating group) is 1. The summed E-state index contributed by atoms with van der Waals surface area (Å²) in [5.74, 6) is 0.905. The molecule has 0 radical (unpaired) electrons. The van der Waals surface area contributed by atoms with Crippen molar-refractivity contribution in [3.05, 3.63) is 0 Å². The van der Waals surface area contributed by atoms with Gasteiger partial charge in [-0.3, -0.25) is 0 Å². The summed E-state index contributed by atoms with van der Waals surface area (Å²) in [6, 6.07) is 1.18. The van der Waals surface area contributed by atoms with Crippen LogP contribution in [-0.4, -0.2) is 47.8 Å². The van der Waals surface area contributed by atoms with Crippen LogP contribution < -0.4 is 5.32 Å². The van der Waals surface area contributed by atoms with Gasteiger partial charge in [-0.25, -0.2) is 0 Å². The van der Waals surface area contributed by atoms with Crippen LogP contribution in [0.4, 0.5) is 0 Å². The molecule has 1 aliphatic rings. The van der Waals surface area contributed by atoms with Crippen LogP contribution in [0.2, 0.25) is 0 Å². The van der Waals surface area contributed by atoms with E-state index in [1.807, 2.05) is 0 Å². The van der Waals surface area contributed by atoms with Gasteiger partial charge in [0.25, 0.3) is 0 Å². The predicted molar refractivity (Wildman–Crippen MR) is 73.2 cm³/mol. The van der Waals surface area contributed by atoms with E-state index in [0.29, 0.717) is 12.1 Å². The lowest BCUT2D eigenvalue weighted by Crippen LogP contribution is -2.51. The highest BCUT2D eigenvalue weighted by molar-refractivity contribution is 4.90. The van der Waals surface area contributed by atoms with Gasteiger partial charge in [-0.05, 0) is 59.5 Å². The summed E-state index contributed by atoms with van der Waals surface area (Å²) in [7, 11) is 2.22. The maximum absolute atomic E-state index is 9.53. The molecule has 1 aliphatic carbocycles. The Hall–Kier alpha value is -0.120. The Morgan fingerprint density at radius 1 is 1.41 bits per heavy atom. The maximum atomic E-state index is 9.53. The molecule has 0 saturated heterocycles. The van der Waals surface area contributed by atoms with Crippen LogP contribution in [0.1, 0.15) is 47.0 Å². The zero-order valence-electron chi connectivity index (χ0n) is 12.2. The van der Waals surface area contributed by atoms with E-state index in [0.717, 1.165) is 18.9 Å². The Labute approximate surface area is 107 Å². The number of nitrogens with zero attached hydrogens (tertiary/aromatic N) is 1. The minimum Gasteiger partial charge on any atom is -0.394 e. The first kappa shape index (κ1) is 14.9. The molecule has 3 nitrogen and oxygen atoms in total. The van der Waals surface area contributed by atoms with Crippen molar-refractivity contribution < 1.29 is 5.11 Å². The van der Waals surface area contributed by atoms with Gasteiger partial charge in [0.1, 0.15) is 0 Å². The van der Waals surface area contributed by atoms with E-state index < -0.39 is 0 Å². The summed E-state index contributed by atoms with van der Waals surface area (Å²) >= 11 is 0. The van der Waals surface area contributed by atoms with Crippen LogP contribution in [0, 0.1) is 5.92 Å². The molecule has 3 unspecified atom stereocenters. The molecule has 0 aromatic carbocycles. The fourth-order valence-corrected chi connectivity index (χ4v) is 2.73. The van der Waals surface area contributed by atoms with Crippen LogP contribution in [0.25, 0.3) is 0 Å². The molecule has 0 bridgehead atoms. The number of rotatable bonds is 8. The van der Waals surface area contributed by atoms with Crippen molar-refractivity contribution in [3.63, 3.8) is 0 Å². The molecule has 17 heavy (non-hydrogen) atoms. The average Bonchev–Trinajstić information content (AvgIpc) is 3.11. The van der Waals surface area contributed by atoms with E-state index in [1.54, 1.807) is 0 Å². The lowest BCUT2D eigenvalue weighted by molar-refractivity contribution is 0.105. The third kappa shape index (κ3) is 4.23. The van der Waals surface area contributed by atoms with E-state index in [9.17, 15) is 5.11 Å². The number of aliphatic hydroxyl groups is 1. The molecule has 0 aromatic heterocycles. The topological polar surface area (TPSA) is 35.5 Å². The minimum atomic E-state index is -0.147. The van der Waals surface area contributed by atoms with Crippen molar-refractivity contribution >= 4 is 0 Å². The Balaban J connectivity index is 2.47. The van der Waals surface area contributed by atoms with Crippen molar-refractivity contribution in [1.29, 1.82) is 0 Å². The van der Waals surface area contributed by atoms with Gasteiger partial charge in [0.05, 0.1) is 6.61 Å². The minimum absolute atomic E-state index is 0.147. The molecular formula is C14H30N2O. The molecule has 3 heteroatoms. The van der Waals surface area contributed by atoms with Crippen LogP contribution in [0.5, 0.6) is 0 Å². The zero-order valence-corrected chi connectivity index (χ0v) is 12.2. The van der Waals surface area contributed by atoms with Crippen molar-refractivity contribution in [1.82, 2.24) is 10.2 Å². The number of hydrogen-bond donors (Lipinski definition) is 2. The van der Waals surface area contributed by atoms with Crippen molar-refractivity contribution in [2.75, 3.05) is 20.2 Å². The van der Waals surface area contributed by atoms with Crippen LogP contribution >= 0.6 is 0 Å². The average molecular weight is 242 g/mol. The Morgan fingerprint density at radius 3 is 2.41 bits per heavy atom. The summed E-state index contributed by atoms with van der Waals surface area (Å²) in [5, 5.41) is 12.9. The summed E-state index contributed by atoms with van der Waals surface area (Å²) in [5.41, 5.74) is -0.147. The van der Waals surface area contributed by atoms with E-state index in [2.05, 4.69) is 45.0 Å². The molecule has 2 N–H and O–H groups in total. The molecule has 0 aliphatic heterocycles. The molecule has 1 rings (SSSR count). The highest BCUT2D eigenvalue weighted by atomic mass is 16.3. The van der Waals surface area contributed by atoms with Gasteiger partial charge in [0, 0.05) is 17.6 Å². The predicted octanol–water partition coefficient (Wildman–Crippen LogP) is 1.86. The highest BCUT2D eigenvalue weighted by Gasteiger charge is 2.34. The fourth-order valence-electron chi connectivity index (χ4n) is 2.73. The second kappa shape index (κ2) is 6.17. The molecule has 0 heterocycles. The van der Waals surface area contributed by atoms with Crippen molar-refractivity contribution in [3.8, 4) is 0 Å². The first-order valence-corrected chi connectivity index (χ1v) is 7.01. The van der Waals surface area contributed by atoms with Gasteiger partial charge in [-0.1, -0.05) is 6.92 Å². The second-order valence-electron chi connectivity index (χ2n) is 6.05. The van der Waals surface area contributed by atoms with E-state index in [4.69, 9.17) is 0 Å². The van der Waals surface area contributed by atoms with Crippen LogP contribution in [-0.2, 0) is 0 Å². The zero-order chi connectivity index (χ0) is 13.1. The van der Waals surface area contributed by atoms with Gasteiger partial charge in [0.15, 0.2) is 0 Å². The second-order valence-corrected chi connectivity index (χ2v) is 6.05. The first-order chi connectivity index (χ1) is 7.93. The highest BCUT2D eigenvalue weighted by Crippen LogP contribution is 2.35. The van der Waals surface area contributed by atoms with Gasteiger partial charge >= 0.3 is 0 Å². The van der Waals surface area contributed by atoms with E-state index in [1.165, 1.54) is 12.8 Å². The lowest BCUT2D eigenvalue weighted by atomic mass is 9.93. The van der Waals surface area contributed by atoms with Crippen molar-refractivity contribution in [2.45, 2.75) is 64.6 Å². The maximum Gasteiger partial charge on any atom is 0.0611 e. The summed E-state index contributed by atoms with van der Waals surface area (Å²) in [6.07, 6.45) is 3.77. The Kier molecular flexibility index (Phi) is 5.42. The normalized spacial score (nSPS) is 23.5. The molecule has 102 valence electrons. The number of aliphatic hydroxyl groups excluding tert-OH is 1. The number of hydrogen-bond acceptors (Lipinski definition) is 3. The smallest absolute Gasteiger partial charge is 0.0611 e. The molecule has 1 saturated carbocycles. The molecular weight excluding hydrogens is 212 g/mol. The van der Waals surface area contributed by atoms with Gasteiger partial charge < -0.3 is 15.3 Å². The Morgan fingerprint density at radius 2 is 2.00 bits per heavy atom. The number of nitrogens with one attached hydrogen (secondary N) is 1. The fraction of sp³-hybridized carbons (Fsp3) is 1.00. The SMILES string of the molecule is CCNC(C)(CO)CC(C)N(C)C(C)C1CC1. The summed E-state index contributed by atoms with van der Waals surface area (Å²) in [6.45, 7) is 9.92. The third-order valence-electron chi connectivity index (χ3n) is 4.34. The van der Waals surface area contributed by atoms with Crippen LogP contribution in [0.15, 0.2) is 0 Å². The first-order valence-electron chi connectivity index (χ1n) is 7.01. The molecule has 1 fully saturated rings. The van der Waals surface area contributed by atoms with Gasteiger partial charge in [0.2, 0.25) is 0 Å². The van der Waals surface area contributed by atoms with Crippen LogP contribution in [0.3, 0.4) is 0 Å². The van der Waals surface area contributed by atoms with E-state index >= 15 is 0 Å². The summed E-state index contributed by atoms with van der Waals surface area (Å²) in [4.78, 5) is 2.48. The lowest BCUT2D eigenvalue weighted by Gasteiger charge is -2.37. The molecule has 0 spiro atoms. The molecule has 0 amide bonds. The summed E-state index contributed by atoms with van der Waals surface area (Å²) < 4.78 is 0. The standard InChI is InChI=1S/C14H30N2O/c1-6-15-14(4,10-17)9-11(2)16(5)12(3)13-7-8-13/h11-13,15,17H,6-10H2,1-5H3. The van der Waals surface area contributed by atoms with Gasteiger partial charge in [-0.2, -0.15) is 0 Å². The van der Waals surface area contributed by atoms with Crippen molar-refractivity contribution in [2.24, 2.45) is 5.92 Å². The molecule has 3 atom stereocenters. The monoisotopic (exact) mass is 242 g/mol. The van der Waals surface area contributed by atoms with Gasteiger partial charge in [-0.15, -0.1) is 0 Å². The quantitative estimate of drug-likeness (QED) is 0.682. The molecule has 0 aromatic rings. The third-order valence-corrected chi connectivity index (χ3v) is 4.34. The van der Waals surface area contributed by atoms with E-state index in [-0.39, 0.29) is 12.1 Å².